The molecule has 0 atom stereocenters. The minimum atomic E-state index is -1.16. The number of hydrogen-bond donors (Lipinski definition) is 1. The van der Waals surface area contributed by atoms with Crippen LogP contribution in [-0.4, -0.2) is 31.5 Å². The summed E-state index contributed by atoms with van der Waals surface area (Å²) in [5.41, 5.74) is 1.61. The number of aryl methyl sites for hydroxylation is 1. The Morgan fingerprint density at radius 3 is 2.59 bits per heavy atom. The van der Waals surface area contributed by atoms with Gasteiger partial charge in [-0.05, 0) is 36.8 Å². The number of methoxy groups -OCH3 is 2. The molecule has 0 radical (unpaired) electrons. The first kappa shape index (κ1) is 18.2. The summed E-state index contributed by atoms with van der Waals surface area (Å²) in [6, 6.07) is 9.80. The van der Waals surface area contributed by atoms with Gasteiger partial charge in [0.25, 0.3) is 0 Å². The number of hydrogen-bond acceptors (Lipinski definition) is 6. The van der Waals surface area contributed by atoms with Crippen LogP contribution in [0, 0.1) is 6.92 Å². The zero-order valence-electron chi connectivity index (χ0n) is 15.0. The van der Waals surface area contributed by atoms with Gasteiger partial charge in [0.05, 0.1) is 19.9 Å². The average Bonchev–Trinajstić information content (AvgIpc) is 2.64. The lowest BCUT2D eigenvalue weighted by molar-refractivity contribution is 0.0692. The first-order valence-corrected chi connectivity index (χ1v) is 8.01. The van der Waals surface area contributed by atoms with Crippen molar-refractivity contribution in [3.8, 4) is 11.5 Å². The largest absolute Gasteiger partial charge is 0.493 e. The minimum absolute atomic E-state index is 0.0521. The molecule has 138 valence electrons. The van der Waals surface area contributed by atoms with Crippen LogP contribution in [0.25, 0.3) is 11.0 Å². The molecular formula is C20H17NO6. The number of ether oxygens (including phenoxy) is 2. The molecule has 0 saturated carbocycles. The fourth-order valence-corrected chi connectivity index (χ4v) is 2.81. The Balaban J connectivity index is 2.07. The highest BCUT2D eigenvalue weighted by molar-refractivity contribution is 6.02. The van der Waals surface area contributed by atoms with Crippen molar-refractivity contribution in [1.82, 2.24) is 0 Å². The molecule has 1 aromatic heterocycles. The van der Waals surface area contributed by atoms with Gasteiger partial charge in [-0.15, -0.1) is 0 Å². The minimum Gasteiger partial charge on any atom is -0.493 e. The molecule has 0 aliphatic rings. The molecule has 0 bridgehead atoms. The van der Waals surface area contributed by atoms with Crippen LogP contribution >= 0.6 is 0 Å². The van der Waals surface area contributed by atoms with Crippen LogP contribution in [0.4, 0.5) is 5.69 Å². The Morgan fingerprint density at radius 2 is 1.93 bits per heavy atom. The van der Waals surface area contributed by atoms with Crippen LogP contribution in [0.3, 0.4) is 0 Å². The maximum absolute atomic E-state index is 11.7. The predicted octanol–water partition coefficient (Wildman–Crippen LogP) is 3.57. The van der Waals surface area contributed by atoms with Crippen LogP contribution in [0.2, 0.25) is 0 Å². The second kappa shape index (κ2) is 7.33. The molecule has 0 amide bonds. The Hall–Kier alpha value is -3.61. The Morgan fingerprint density at radius 1 is 1.15 bits per heavy atom. The Bertz CT molecular complexity index is 1110. The van der Waals surface area contributed by atoms with Gasteiger partial charge in [-0.25, -0.2) is 9.59 Å². The summed E-state index contributed by atoms with van der Waals surface area (Å²) in [6.45, 7) is 1.82. The molecule has 1 N–H and O–H groups in total. The highest BCUT2D eigenvalue weighted by atomic mass is 16.5. The molecule has 3 rings (SSSR count). The highest BCUT2D eigenvalue weighted by Gasteiger charge is 2.20. The average molecular weight is 367 g/mol. The Labute approximate surface area is 154 Å². The van der Waals surface area contributed by atoms with Gasteiger partial charge in [-0.1, -0.05) is 0 Å². The van der Waals surface area contributed by atoms with Crippen LogP contribution in [0.1, 0.15) is 21.5 Å². The van der Waals surface area contributed by atoms with Gasteiger partial charge in [0.1, 0.15) is 11.1 Å². The van der Waals surface area contributed by atoms with E-state index in [1.54, 1.807) is 30.3 Å². The molecule has 7 heteroatoms. The molecule has 27 heavy (non-hydrogen) atoms. The molecule has 1 heterocycles. The number of aliphatic imine (C=N–C) groups is 1. The summed E-state index contributed by atoms with van der Waals surface area (Å²) in [4.78, 5) is 27.5. The molecule has 7 nitrogen and oxygen atoms in total. The molecule has 0 aliphatic carbocycles. The number of fused-ring (bicyclic) bond motifs is 1. The topological polar surface area (TPSA) is 98.3 Å². The van der Waals surface area contributed by atoms with Gasteiger partial charge < -0.3 is 19.0 Å². The van der Waals surface area contributed by atoms with Gasteiger partial charge in [0.2, 0.25) is 0 Å². The molecule has 0 fully saturated rings. The fraction of sp³-hybridized carbons (Fsp3) is 0.150. The van der Waals surface area contributed by atoms with E-state index in [0.717, 1.165) is 10.9 Å². The summed E-state index contributed by atoms with van der Waals surface area (Å²) in [5, 5.41) is 10.4. The molecule has 2 aromatic carbocycles. The second-order valence-electron chi connectivity index (χ2n) is 5.76. The van der Waals surface area contributed by atoms with Crippen molar-refractivity contribution in [2.45, 2.75) is 6.92 Å². The third-order valence-corrected chi connectivity index (χ3v) is 4.08. The van der Waals surface area contributed by atoms with E-state index >= 15 is 0 Å². The van der Waals surface area contributed by atoms with E-state index < -0.39 is 11.6 Å². The number of carboxylic acid groups (broad SMARTS) is 1. The third-order valence-electron chi connectivity index (χ3n) is 4.08. The first-order valence-electron chi connectivity index (χ1n) is 8.01. The zero-order chi connectivity index (χ0) is 19.6. The number of aromatic carboxylic acids is 1. The molecule has 0 spiro atoms. The SMILES string of the molecule is COc1ccc(C=Nc2ccc3c(C)cc(=O)oc3c2)c(C(=O)O)c1OC. The van der Waals surface area contributed by atoms with Crippen LogP contribution in [0.15, 0.2) is 50.6 Å². The van der Waals surface area contributed by atoms with Crippen molar-refractivity contribution in [2.24, 2.45) is 4.99 Å². The van der Waals surface area contributed by atoms with Gasteiger partial charge in [0.15, 0.2) is 11.5 Å². The van der Waals surface area contributed by atoms with Gasteiger partial charge in [-0.2, -0.15) is 0 Å². The number of rotatable bonds is 5. The standard InChI is InChI=1S/C20H17NO6/c1-11-8-17(22)27-16-9-13(5-6-14(11)16)21-10-12-4-7-15(25-2)19(26-3)18(12)20(23)24/h4-10H,1-3H3,(H,23,24). The summed E-state index contributed by atoms with van der Waals surface area (Å²) in [7, 11) is 2.81. The number of benzene rings is 2. The van der Waals surface area contributed by atoms with E-state index in [4.69, 9.17) is 13.9 Å². The van der Waals surface area contributed by atoms with E-state index in [1.165, 1.54) is 26.5 Å². The molecule has 0 aliphatic heterocycles. The van der Waals surface area contributed by atoms with E-state index in [9.17, 15) is 14.7 Å². The molecule has 3 aromatic rings. The number of nitrogens with zero attached hydrogens (tertiary/aromatic N) is 1. The van der Waals surface area contributed by atoms with Crippen LogP contribution in [0.5, 0.6) is 11.5 Å². The number of carbonyl (C=O) groups is 1. The monoisotopic (exact) mass is 367 g/mol. The summed E-state index contributed by atoms with van der Waals surface area (Å²) >= 11 is 0. The lowest BCUT2D eigenvalue weighted by Gasteiger charge is -2.12. The molecule has 0 unspecified atom stereocenters. The van der Waals surface area contributed by atoms with Crippen LogP contribution in [-0.2, 0) is 0 Å². The molecular weight excluding hydrogens is 350 g/mol. The zero-order valence-corrected chi connectivity index (χ0v) is 15.0. The van der Waals surface area contributed by atoms with Crippen molar-refractivity contribution >= 4 is 28.8 Å². The summed E-state index contributed by atoms with van der Waals surface area (Å²) in [5.74, 6) is -0.726. The van der Waals surface area contributed by atoms with Crippen LogP contribution < -0.4 is 15.1 Å². The van der Waals surface area contributed by atoms with E-state index in [0.29, 0.717) is 22.6 Å². The Kier molecular flexibility index (Phi) is 4.94. The third kappa shape index (κ3) is 3.52. The van der Waals surface area contributed by atoms with E-state index in [-0.39, 0.29) is 11.3 Å². The first-order chi connectivity index (χ1) is 12.9. The predicted molar refractivity (Wildman–Crippen MR) is 101 cm³/mol. The number of carboxylic acids is 1. The maximum Gasteiger partial charge on any atom is 0.340 e. The quantitative estimate of drug-likeness (QED) is 0.547. The smallest absolute Gasteiger partial charge is 0.340 e. The van der Waals surface area contributed by atoms with Gasteiger partial charge in [-0.3, -0.25) is 4.99 Å². The normalized spacial score (nSPS) is 11.1. The molecule has 0 saturated heterocycles. The summed E-state index contributed by atoms with van der Waals surface area (Å²) < 4.78 is 15.5. The summed E-state index contributed by atoms with van der Waals surface area (Å²) in [6.07, 6.45) is 1.42. The van der Waals surface area contributed by atoms with Crippen molar-refractivity contribution in [2.75, 3.05) is 14.2 Å². The lowest BCUT2D eigenvalue weighted by Crippen LogP contribution is -2.06. The maximum atomic E-state index is 11.7. The van der Waals surface area contributed by atoms with Crippen molar-refractivity contribution in [3.63, 3.8) is 0 Å². The fourth-order valence-electron chi connectivity index (χ4n) is 2.81. The highest BCUT2D eigenvalue weighted by Crippen LogP contribution is 2.33. The van der Waals surface area contributed by atoms with Crippen molar-refractivity contribution in [3.05, 3.63) is 63.5 Å². The van der Waals surface area contributed by atoms with Gasteiger partial charge >= 0.3 is 11.6 Å². The van der Waals surface area contributed by atoms with E-state index in [2.05, 4.69) is 4.99 Å². The lowest BCUT2D eigenvalue weighted by atomic mass is 10.1. The van der Waals surface area contributed by atoms with E-state index in [1.807, 2.05) is 6.92 Å². The second-order valence-corrected chi connectivity index (χ2v) is 5.76. The van der Waals surface area contributed by atoms with Gasteiger partial charge in [0, 0.05) is 29.3 Å². The van der Waals surface area contributed by atoms with Crippen molar-refractivity contribution in [1.29, 1.82) is 0 Å². The van der Waals surface area contributed by atoms with Crippen molar-refractivity contribution < 1.29 is 23.8 Å².